The van der Waals surface area contributed by atoms with E-state index in [4.69, 9.17) is 4.74 Å². The van der Waals surface area contributed by atoms with E-state index in [0.29, 0.717) is 13.0 Å². The van der Waals surface area contributed by atoms with Gasteiger partial charge in [-0.3, -0.25) is 4.79 Å². The fourth-order valence-electron chi connectivity index (χ4n) is 2.36. The molecule has 2 rings (SSSR count). The monoisotopic (exact) mass is 288 g/mol. The average Bonchev–Trinajstić information content (AvgIpc) is 2.90. The molecular weight excluding hydrogens is 268 g/mol. The van der Waals surface area contributed by atoms with Gasteiger partial charge in [0.2, 0.25) is 0 Å². The van der Waals surface area contributed by atoms with E-state index in [1.54, 1.807) is 0 Å². The van der Waals surface area contributed by atoms with Gasteiger partial charge in [-0.05, 0) is 49.8 Å². The first kappa shape index (κ1) is 14.8. The number of thiophene rings is 1. The van der Waals surface area contributed by atoms with Crippen LogP contribution < -0.4 is 4.74 Å². The highest BCUT2D eigenvalue weighted by Gasteiger charge is 2.08. The van der Waals surface area contributed by atoms with Gasteiger partial charge >= 0.3 is 0 Å². The van der Waals surface area contributed by atoms with Crippen molar-refractivity contribution in [3.63, 3.8) is 0 Å². The predicted octanol–water partition coefficient (Wildman–Crippen LogP) is 4.72. The van der Waals surface area contributed by atoms with Gasteiger partial charge in [0.25, 0.3) is 0 Å². The second kappa shape index (κ2) is 6.71. The minimum Gasteiger partial charge on any atom is -0.493 e. The molecule has 0 N–H and O–H groups in total. The van der Waals surface area contributed by atoms with Gasteiger partial charge in [-0.15, -0.1) is 11.3 Å². The lowest BCUT2D eigenvalue weighted by molar-refractivity contribution is 0.0977. The summed E-state index contributed by atoms with van der Waals surface area (Å²) in [6.07, 6.45) is 1.30. The largest absolute Gasteiger partial charge is 0.493 e. The van der Waals surface area contributed by atoms with Crippen molar-refractivity contribution in [3.8, 4) is 5.75 Å². The van der Waals surface area contributed by atoms with E-state index < -0.39 is 0 Å². The topological polar surface area (TPSA) is 26.3 Å². The Hall–Kier alpha value is -1.61. The Morgan fingerprint density at radius 3 is 2.50 bits per heavy atom. The van der Waals surface area contributed by atoms with Crippen molar-refractivity contribution >= 4 is 17.1 Å². The first-order chi connectivity index (χ1) is 9.58. The molecule has 0 fully saturated rings. The summed E-state index contributed by atoms with van der Waals surface area (Å²) >= 11 is 1.50. The number of rotatable bonds is 6. The summed E-state index contributed by atoms with van der Waals surface area (Å²) in [6, 6.07) is 8.04. The molecule has 0 atom stereocenters. The molecule has 0 saturated carbocycles. The van der Waals surface area contributed by atoms with Crippen molar-refractivity contribution in [2.75, 3.05) is 6.61 Å². The maximum Gasteiger partial charge on any atom is 0.172 e. The predicted molar refractivity (Wildman–Crippen MR) is 84.0 cm³/mol. The van der Waals surface area contributed by atoms with Gasteiger partial charge in [0.15, 0.2) is 5.78 Å². The van der Waals surface area contributed by atoms with Gasteiger partial charge in [0, 0.05) is 6.42 Å². The number of ether oxygens (including phenoxy) is 1. The molecule has 106 valence electrons. The molecule has 0 spiro atoms. The molecule has 0 radical (unpaired) electrons. The highest BCUT2D eigenvalue weighted by atomic mass is 32.1. The number of hydrogen-bond donors (Lipinski definition) is 0. The van der Waals surface area contributed by atoms with E-state index in [9.17, 15) is 4.79 Å². The van der Waals surface area contributed by atoms with Gasteiger partial charge in [-0.2, -0.15) is 0 Å². The highest BCUT2D eigenvalue weighted by Crippen LogP contribution is 2.24. The molecule has 0 amide bonds. The van der Waals surface area contributed by atoms with Crippen molar-refractivity contribution in [2.45, 2.75) is 33.6 Å². The van der Waals surface area contributed by atoms with Crippen LogP contribution in [0.25, 0.3) is 0 Å². The van der Waals surface area contributed by atoms with Crippen LogP contribution in [0.4, 0.5) is 0 Å². The van der Waals surface area contributed by atoms with Crippen LogP contribution in [-0.4, -0.2) is 12.4 Å². The van der Waals surface area contributed by atoms with Gasteiger partial charge in [0.05, 0.1) is 11.5 Å². The van der Waals surface area contributed by atoms with Crippen LogP contribution in [0.5, 0.6) is 5.75 Å². The van der Waals surface area contributed by atoms with Crippen molar-refractivity contribution in [1.29, 1.82) is 0 Å². The molecular formula is C17H20O2S. The van der Waals surface area contributed by atoms with Crippen LogP contribution in [0.3, 0.4) is 0 Å². The van der Waals surface area contributed by atoms with Crippen LogP contribution in [0.1, 0.15) is 39.2 Å². The fraction of sp³-hybridized carbons (Fsp3) is 0.353. The van der Waals surface area contributed by atoms with Gasteiger partial charge in [-0.25, -0.2) is 0 Å². The Morgan fingerprint density at radius 1 is 1.20 bits per heavy atom. The maximum atomic E-state index is 11.9. The lowest BCUT2D eigenvalue weighted by Gasteiger charge is -2.12. The van der Waals surface area contributed by atoms with Crippen molar-refractivity contribution < 1.29 is 9.53 Å². The first-order valence-corrected chi connectivity index (χ1v) is 7.73. The Kier molecular flexibility index (Phi) is 4.96. The van der Waals surface area contributed by atoms with Crippen molar-refractivity contribution in [2.24, 2.45) is 0 Å². The second-order valence-corrected chi connectivity index (χ2v) is 6.03. The van der Waals surface area contributed by atoms with E-state index in [1.165, 1.54) is 16.9 Å². The minimum absolute atomic E-state index is 0.209. The van der Waals surface area contributed by atoms with Crippen molar-refractivity contribution in [1.82, 2.24) is 0 Å². The standard InChI is InChI=1S/C17H20O2S/c1-12-10-13(2)17(14(3)11-12)19-8-4-6-15(18)16-7-5-9-20-16/h5,7,9-11H,4,6,8H2,1-3H3. The molecule has 0 aliphatic carbocycles. The quantitative estimate of drug-likeness (QED) is 0.568. The number of Topliss-reactive ketones (excluding diaryl/α,β-unsaturated/α-hetero) is 1. The molecule has 0 unspecified atom stereocenters. The van der Waals surface area contributed by atoms with E-state index in [1.807, 2.05) is 17.5 Å². The normalized spacial score (nSPS) is 10.6. The lowest BCUT2D eigenvalue weighted by Crippen LogP contribution is -2.04. The zero-order valence-electron chi connectivity index (χ0n) is 12.2. The summed E-state index contributed by atoms with van der Waals surface area (Å²) in [5, 5.41) is 1.93. The van der Waals surface area contributed by atoms with Crippen LogP contribution >= 0.6 is 11.3 Å². The third-order valence-corrected chi connectivity index (χ3v) is 4.11. The highest BCUT2D eigenvalue weighted by molar-refractivity contribution is 7.12. The third-order valence-electron chi connectivity index (χ3n) is 3.20. The van der Waals surface area contributed by atoms with Crippen LogP contribution in [0.15, 0.2) is 29.6 Å². The zero-order chi connectivity index (χ0) is 14.5. The van der Waals surface area contributed by atoms with Crippen LogP contribution in [0, 0.1) is 20.8 Å². The zero-order valence-corrected chi connectivity index (χ0v) is 13.0. The molecule has 0 aliphatic rings. The molecule has 0 bridgehead atoms. The Balaban J connectivity index is 1.83. The lowest BCUT2D eigenvalue weighted by atomic mass is 10.1. The van der Waals surface area contributed by atoms with E-state index in [0.717, 1.165) is 28.2 Å². The average molecular weight is 288 g/mol. The number of hydrogen-bond acceptors (Lipinski definition) is 3. The summed E-state index contributed by atoms with van der Waals surface area (Å²) in [4.78, 5) is 12.7. The Bertz CT molecular complexity index is 562. The summed E-state index contributed by atoms with van der Waals surface area (Å²) in [5.74, 6) is 1.17. The molecule has 3 heteroatoms. The number of ketones is 1. The molecule has 2 aromatic rings. The van der Waals surface area contributed by atoms with E-state index in [-0.39, 0.29) is 5.78 Å². The minimum atomic E-state index is 0.209. The molecule has 20 heavy (non-hydrogen) atoms. The molecule has 1 aromatic heterocycles. The summed E-state index contributed by atoms with van der Waals surface area (Å²) < 4.78 is 5.84. The van der Waals surface area contributed by atoms with E-state index >= 15 is 0 Å². The SMILES string of the molecule is Cc1cc(C)c(OCCCC(=O)c2cccs2)c(C)c1. The summed E-state index contributed by atoms with van der Waals surface area (Å²) in [7, 11) is 0. The summed E-state index contributed by atoms with van der Waals surface area (Å²) in [5.41, 5.74) is 3.57. The van der Waals surface area contributed by atoms with Crippen LogP contribution in [-0.2, 0) is 0 Å². The van der Waals surface area contributed by atoms with Gasteiger partial charge < -0.3 is 4.74 Å². The van der Waals surface area contributed by atoms with Crippen molar-refractivity contribution in [3.05, 3.63) is 51.2 Å². The van der Waals surface area contributed by atoms with Gasteiger partial charge in [0.1, 0.15) is 5.75 Å². The molecule has 0 aliphatic heterocycles. The first-order valence-electron chi connectivity index (χ1n) is 6.85. The summed E-state index contributed by atoms with van der Waals surface area (Å²) in [6.45, 7) is 6.80. The number of benzene rings is 1. The maximum absolute atomic E-state index is 11.9. The molecule has 0 saturated heterocycles. The third kappa shape index (κ3) is 3.70. The number of aryl methyl sites for hydroxylation is 3. The van der Waals surface area contributed by atoms with Gasteiger partial charge in [-0.1, -0.05) is 23.8 Å². The molecule has 2 nitrogen and oxygen atoms in total. The Labute approximate surface area is 124 Å². The van der Waals surface area contributed by atoms with E-state index in [2.05, 4.69) is 32.9 Å². The smallest absolute Gasteiger partial charge is 0.172 e. The Morgan fingerprint density at radius 2 is 1.90 bits per heavy atom. The molecule has 1 heterocycles. The fourth-order valence-corrected chi connectivity index (χ4v) is 3.06. The molecule has 1 aromatic carbocycles. The number of carbonyl (C=O) groups excluding carboxylic acids is 1. The second-order valence-electron chi connectivity index (χ2n) is 5.08. The number of carbonyl (C=O) groups is 1. The van der Waals surface area contributed by atoms with Crippen LogP contribution in [0.2, 0.25) is 0 Å².